The van der Waals surface area contributed by atoms with Crippen molar-refractivity contribution >= 4 is 56.2 Å². The summed E-state index contributed by atoms with van der Waals surface area (Å²) in [6, 6.07) is 36.8. The molecule has 0 aliphatic rings. The zero-order valence-corrected chi connectivity index (χ0v) is 22.1. The molecule has 0 bridgehead atoms. The van der Waals surface area contributed by atoms with Gasteiger partial charge < -0.3 is 10.4 Å². The Bertz CT molecular complexity index is 1120. The topological polar surface area (TPSA) is 49.3 Å². The van der Waals surface area contributed by atoms with Gasteiger partial charge in [-0.25, -0.2) is 4.79 Å². The van der Waals surface area contributed by atoms with E-state index in [1.807, 2.05) is 103 Å². The average Bonchev–Trinajstić information content (AvgIpc) is 2.82. The predicted octanol–water partition coefficient (Wildman–Crippen LogP) is 6.07. The molecule has 4 rings (SSSR count). The number of benzene rings is 4. The minimum Gasteiger partial charge on any atom is -0.478 e. The summed E-state index contributed by atoms with van der Waals surface area (Å²) in [6.45, 7) is 0. The fraction of sp³-hybridized carbons (Fsp3) is 0.0370. The first-order valence-electron chi connectivity index (χ1n) is 9.90. The monoisotopic (exact) mass is 633 g/mol. The number of hydrogen-bond donors (Lipinski definition) is 2. The summed E-state index contributed by atoms with van der Waals surface area (Å²) < 4.78 is 0. The average molecular weight is 633 g/mol. The van der Waals surface area contributed by atoms with E-state index in [4.69, 9.17) is 17.3 Å². The zero-order chi connectivity index (χ0) is 21.9. The molecule has 4 radical (unpaired) electrons. The van der Waals surface area contributed by atoms with Gasteiger partial charge in [-0.15, -0.1) is 0 Å². The molecule has 0 unspecified atom stereocenters. The molecule has 0 saturated carbocycles. The van der Waals surface area contributed by atoms with Crippen LogP contribution in [0.25, 0.3) is 0 Å². The molecule has 0 saturated heterocycles. The Balaban J connectivity index is 0.000000220. The van der Waals surface area contributed by atoms with Crippen LogP contribution in [0.2, 0.25) is 0 Å². The second kappa shape index (κ2) is 13.5. The van der Waals surface area contributed by atoms with Crippen molar-refractivity contribution in [2.45, 2.75) is 6.42 Å². The maximum atomic E-state index is 11.0. The summed E-state index contributed by atoms with van der Waals surface area (Å²) in [4.78, 5) is 11.8. The summed E-state index contributed by atoms with van der Waals surface area (Å²) in [6.07, 6.45) is 0.656. The van der Waals surface area contributed by atoms with E-state index in [1.165, 1.54) is 0 Å². The summed E-state index contributed by atoms with van der Waals surface area (Å²) >= 11 is 5.29. The van der Waals surface area contributed by atoms with E-state index in [2.05, 4.69) is 5.32 Å². The first kappa shape index (κ1) is 25.4. The van der Waals surface area contributed by atoms with Crippen molar-refractivity contribution in [3.05, 3.63) is 138 Å². The van der Waals surface area contributed by atoms with Gasteiger partial charge >= 0.3 is 5.97 Å². The van der Waals surface area contributed by atoms with Crippen LogP contribution in [0.5, 0.6) is 0 Å². The number of para-hydroxylation sites is 1. The van der Waals surface area contributed by atoms with Crippen LogP contribution in [0.15, 0.2) is 115 Å². The van der Waals surface area contributed by atoms with Crippen LogP contribution in [0, 0.1) is 0 Å². The standard InChI is InChI=1S/C14H12O2.C13H11NS.Pb/c15-14(16)13-9-5-4-8-12(13)10-11-6-2-1-3-7-11;15-13(11-7-3-1-4-8-11)14-12-9-5-2-6-10-12;/h1-9H,10H2,(H,15,16);1-10H,(H,14,15);. The Morgan fingerprint density at radius 2 is 1.22 bits per heavy atom. The molecule has 2 N–H and O–H groups in total. The summed E-state index contributed by atoms with van der Waals surface area (Å²) in [5.41, 5.74) is 4.41. The van der Waals surface area contributed by atoms with Crippen LogP contribution in [0.1, 0.15) is 27.0 Å². The predicted molar refractivity (Wildman–Crippen MR) is 137 cm³/mol. The van der Waals surface area contributed by atoms with E-state index >= 15 is 0 Å². The molecule has 32 heavy (non-hydrogen) atoms. The van der Waals surface area contributed by atoms with E-state index < -0.39 is 5.97 Å². The first-order chi connectivity index (χ1) is 15.1. The second-order valence-corrected chi connectivity index (χ2v) is 7.22. The Hall–Kier alpha value is -2.84. The van der Waals surface area contributed by atoms with E-state index in [9.17, 15) is 4.79 Å². The first-order valence-corrected chi connectivity index (χ1v) is 10.3. The molecule has 0 heterocycles. The van der Waals surface area contributed by atoms with Crippen LogP contribution >= 0.6 is 12.2 Å². The molecule has 0 aliphatic carbocycles. The Kier molecular flexibility index (Phi) is 10.8. The van der Waals surface area contributed by atoms with Gasteiger partial charge in [0.15, 0.2) is 0 Å². The van der Waals surface area contributed by atoms with Crippen molar-refractivity contribution in [1.82, 2.24) is 0 Å². The number of aromatic carboxylic acids is 1. The summed E-state index contributed by atoms with van der Waals surface area (Å²) in [5, 5.41) is 12.2. The van der Waals surface area contributed by atoms with Gasteiger partial charge in [-0.1, -0.05) is 109 Å². The number of hydrogen-bond acceptors (Lipinski definition) is 2. The number of rotatable bonds is 5. The van der Waals surface area contributed by atoms with Crippen LogP contribution in [-0.2, 0) is 6.42 Å². The van der Waals surface area contributed by atoms with Crippen LogP contribution in [-0.4, -0.2) is 43.4 Å². The number of anilines is 1. The van der Waals surface area contributed by atoms with Gasteiger partial charge in [0.25, 0.3) is 0 Å². The fourth-order valence-corrected chi connectivity index (χ4v) is 3.27. The molecular formula is C27H23NO2PbS. The van der Waals surface area contributed by atoms with Gasteiger partial charge in [-0.05, 0) is 35.7 Å². The molecule has 4 aromatic carbocycles. The van der Waals surface area contributed by atoms with Crippen LogP contribution < -0.4 is 5.32 Å². The Labute approximate surface area is 214 Å². The molecule has 0 aromatic heterocycles. The van der Waals surface area contributed by atoms with E-state index in [0.29, 0.717) is 12.0 Å². The third kappa shape index (κ3) is 8.01. The van der Waals surface area contributed by atoms with Crippen molar-refractivity contribution in [3.8, 4) is 0 Å². The van der Waals surface area contributed by atoms with Gasteiger partial charge in [-0.2, -0.15) is 0 Å². The molecule has 5 heteroatoms. The van der Waals surface area contributed by atoms with Crippen molar-refractivity contribution in [3.63, 3.8) is 0 Å². The second-order valence-electron chi connectivity index (χ2n) is 6.81. The maximum absolute atomic E-state index is 11.0. The largest absolute Gasteiger partial charge is 0.478 e. The third-order valence-corrected chi connectivity index (χ3v) is 4.89. The number of nitrogens with one attached hydrogen (secondary N) is 1. The molecule has 0 spiro atoms. The summed E-state index contributed by atoms with van der Waals surface area (Å²) in [7, 11) is 0. The van der Waals surface area contributed by atoms with Gasteiger partial charge in [0, 0.05) is 38.5 Å². The minimum atomic E-state index is -0.869. The maximum Gasteiger partial charge on any atom is 0.335 e. The molecular weight excluding hydrogens is 610 g/mol. The van der Waals surface area contributed by atoms with E-state index in [1.54, 1.807) is 12.1 Å². The normalized spacial score (nSPS) is 9.50. The number of carboxylic acid groups (broad SMARTS) is 1. The SMILES string of the molecule is O=C(O)c1ccccc1Cc1ccccc1.S=C(Nc1ccccc1)c1ccccc1.[Pb]. The molecule has 0 atom stereocenters. The van der Waals surface area contributed by atoms with Gasteiger partial charge in [0.1, 0.15) is 4.99 Å². The van der Waals surface area contributed by atoms with Gasteiger partial charge in [0.2, 0.25) is 0 Å². The molecule has 0 fully saturated rings. The molecule has 3 nitrogen and oxygen atoms in total. The zero-order valence-electron chi connectivity index (χ0n) is 17.4. The molecule has 0 aliphatic heterocycles. The quantitative estimate of drug-likeness (QED) is 0.207. The van der Waals surface area contributed by atoms with Crippen LogP contribution in [0.3, 0.4) is 0 Å². The minimum absolute atomic E-state index is 0. The number of thiocarbonyl (C=S) groups is 1. The number of carbonyl (C=O) groups is 1. The van der Waals surface area contributed by atoms with Crippen molar-refractivity contribution in [2.75, 3.05) is 5.32 Å². The summed E-state index contributed by atoms with van der Waals surface area (Å²) in [5.74, 6) is -0.869. The van der Waals surface area contributed by atoms with Crippen LogP contribution in [0.4, 0.5) is 5.69 Å². The van der Waals surface area contributed by atoms with E-state index in [0.717, 1.165) is 27.4 Å². The molecule has 158 valence electrons. The Morgan fingerprint density at radius 3 is 1.81 bits per heavy atom. The number of carboxylic acids is 1. The van der Waals surface area contributed by atoms with Gasteiger partial charge in [-0.3, -0.25) is 0 Å². The van der Waals surface area contributed by atoms with Crippen molar-refractivity contribution < 1.29 is 9.90 Å². The molecule has 0 amide bonds. The third-order valence-electron chi connectivity index (χ3n) is 4.55. The van der Waals surface area contributed by atoms with Crippen molar-refractivity contribution in [2.24, 2.45) is 0 Å². The smallest absolute Gasteiger partial charge is 0.335 e. The Morgan fingerprint density at radius 1 is 0.719 bits per heavy atom. The fourth-order valence-electron chi connectivity index (χ4n) is 3.01. The van der Waals surface area contributed by atoms with Crippen molar-refractivity contribution in [1.29, 1.82) is 0 Å². The van der Waals surface area contributed by atoms with E-state index in [-0.39, 0.29) is 27.3 Å². The van der Waals surface area contributed by atoms with Gasteiger partial charge in [0.05, 0.1) is 5.56 Å². The molecule has 4 aromatic rings.